The standard InChI is InChI=1S/C22H29N3O3/c1-27-17-10-11-18(20(13-17)28-2)22(26)25-21(19-5-3-4-12-24-19)16-8-6-15(14-23)7-9-16/h3-5,10-13,15-16,21H,6-9,14,23H2,1-2H3,(H,25,26). The van der Waals surface area contributed by atoms with Gasteiger partial charge < -0.3 is 20.5 Å². The van der Waals surface area contributed by atoms with Gasteiger partial charge >= 0.3 is 0 Å². The molecule has 6 nitrogen and oxygen atoms in total. The number of carbonyl (C=O) groups excluding carboxylic acids is 1. The number of carbonyl (C=O) groups is 1. The molecule has 1 saturated carbocycles. The molecule has 0 aliphatic heterocycles. The number of hydrogen-bond acceptors (Lipinski definition) is 5. The van der Waals surface area contributed by atoms with E-state index in [1.807, 2.05) is 18.2 Å². The number of amides is 1. The summed E-state index contributed by atoms with van der Waals surface area (Å²) in [6, 6.07) is 10.9. The molecular weight excluding hydrogens is 354 g/mol. The molecule has 150 valence electrons. The van der Waals surface area contributed by atoms with Crippen molar-refractivity contribution in [2.45, 2.75) is 31.7 Å². The Bertz CT molecular complexity index is 774. The van der Waals surface area contributed by atoms with Crippen LogP contribution in [0.2, 0.25) is 0 Å². The highest BCUT2D eigenvalue weighted by Gasteiger charge is 2.31. The molecule has 1 atom stereocenters. The zero-order chi connectivity index (χ0) is 19.9. The maximum Gasteiger partial charge on any atom is 0.255 e. The van der Waals surface area contributed by atoms with Gasteiger partial charge in [-0.25, -0.2) is 0 Å². The normalized spacial score (nSPS) is 20.2. The van der Waals surface area contributed by atoms with Gasteiger partial charge in [-0.1, -0.05) is 6.07 Å². The topological polar surface area (TPSA) is 86.5 Å². The highest BCUT2D eigenvalue weighted by molar-refractivity contribution is 5.97. The third-order valence-corrected chi connectivity index (χ3v) is 5.64. The van der Waals surface area contributed by atoms with Gasteiger partial charge in [0.25, 0.3) is 5.91 Å². The molecule has 28 heavy (non-hydrogen) atoms. The van der Waals surface area contributed by atoms with Crippen LogP contribution < -0.4 is 20.5 Å². The van der Waals surface area contributed by atoms with E-state index in [1.54, 1.807) is 38.6 Å². The number of nitrogens with one attached hydrogen (secondary N) is 1. The molecule has 6 heteroatoms. The molecule has 0 radical (unpaired) electrons. The monoisotopic (exact) mass is 383 g/mol. The van der Waals surface area contributed by atoms with Crippen LogP contribution in [-0.2, 0) is 0 Å². The number of hydrogen-bond donors (Lipinski definition) is 2. The van der Waals surface area contributed by atoms with Gasteiger partial charge in [-0.2, -0.15) is 0 Å². The predicted octanol–water partition coefficient (Wildman–Crippen LogP) is 3.34. The van der Waals surface area contributed by atoms with Crippen molar-refractivity contribution in [3.63, 3.8) is 0 Å². The molecule has 2 aromatic rings. The lowest BCUT2D eigenvalue weighted by Gasteiger charge is -2.33. The molecule has 1 amide bonds. The predicted molar refractivity (Wildman–Crippen MR) is 108 cm³/mol. The van der Waals surface area contributed by atoms with E-state index in [0.717, 1.165) is 37.9 Å². The molecule has 1 aliphatic carbocycles. The Morgan fingerprint density at radius 3 is 2.57 bits per heavy atom. The second-order valence-electron chi connectivity index (χ2n) is 7.29. The van der Waals surface area contributed by atoms with Crippen molar-refractivity contribution in [3.8, 4) is 11.5 Å². The Balaban J connectivity index is 1.83. The summed E-state index contributed by atoms with van der Waals surface area (Å²) in [7, 11) is 3.14. The van der Waals surface area contributed by atoms with Crippen LogP contribution in [0.1, 0.15) is 47.8 Å². The Kier molecular flexibility index (Phi) is 6.87. The summed E-state index contributed by atoms with van der Waals surface area (Å²) in [6.07, 6.45) is 6.01. The first-order valence-electron chi connectivity index (χ1n) is 9.80. The Morgan fingerprint density at radius 2 is 1.96 bits per heavy atom. The first kappa shape index (κ1) is 20.1. The largest absolute Gasteiger partial charge is 0.497 e. The number of benzene rings is 1. The van der Waals surface area contributed by atoms with E-state index in [2.05, 4.69) is 10.3 Å². The van der Waals surface area contributed by atoms with E-state index in [1.165, 1.54) is 0 Å². The van der Waals surface area contributed by atoms with Crippen LogP contribution in [0, 0.1) is 11.8 Å². The fraction of sp³-hybridized carbons (Fsp3) is 0.455. The molecule has 1 aliphatic rings. The number of pyridine rings is 1. The summed E-state index contributed by atoms with van der Waals surface area (Å²) >= 11 is 0. The third-order valence-electron chi connectivity index (χ3n) is 5.64. The Hall–Kier alpha value is -2.60. The van der Waals surface area contributed by atoms with Gasteiger partial charge in [0.1, 0.15) is 11.5 Å². The van der Waals surface area contributed by atoms with Crippen LogP contribution in [-0.4, -0.2) is 31.7 Å². The quantitative estimate of drug-likeness (QED) is 0.766. The summed E-state index contributed by atoms with van der Waals surface area (Å²) in [5.41, 5.74) is 7.22. The average molecular weight is 383 g/mol. The van der Waals surface area contributed by atoms with Crippen LogP contribution in [0.5, 0.6) is 11.5 Å². The lowest BCUT2D eigenvalue weighted by molar-refractivity contribution is 0.0902. The Morgan fingerprint density at radius 1 is 1.18 bits per heavy atom. The smallest absolute Gasteiger partial charge is 0.255 e. The average Bonchev–Trinajstić information content (AvgIpc) is 2.77. The first-order chi connectivity index (χ1) is 13.7. The van der Waals surface area contributed by atoms with Crippen molar-refractivity contribution in [3.05, 3.63) is 53.9 Å². The first-order valence-corrected chi connectivity index (χ1v) is 9.80. The van der Waals surface area contributed by atoms with E-state index >= 15 is 0 Å². The minimum atomic E-state index is -0.170. The summed E-state index contributed by atoms with van der Waals surface area (Å²) in [6.45, 7) is 0.733. The van der Waals surface area contributed by atoms with Crippen molar-refractivity contribution in [2.24, 2.45) is 17.6 Å². The number of nitrogens with zero attached hydrogens (tertiary/aromatic N) is 1. The van der Waals surface area contributed by atoms with Gasteiger partial charge in [0.15, 0.2) is 0 Å². The molecule has 1 heterocycles. The maximum atomic E-state index is 13.1. The van der Waals surface area contributed by atoms with Gasteiger partial charge in [-0.3, -0.25) is 9.78 Å². The maximum absolute atomic E-state index is 13.1. The lowest BCUT2D eigenvalue weighted by Crippen LogP contribution is -2.36. The van der Waals surface area contributed by atoms with E-state index in [9.17, 15) is 4.79 Å². The molecule has 1 aromatic heterocycles. The number of nitrogens with two attached hydrogens (primary N) is 1. The second kappa shape index (κ2) is 9.55. The zero-order valence-corrected chi connectivity index (χ0v) is 16.6. The minimum absolute atomic E-state index is 0.140. The fourth-order valence-electron chi connectivity index (χ4n) is 3.96. The van der Waals surface area contributed by atoms with E-state index in [4.69, 9.17) is 15.2 Å². The van der Waals surface area contributed by atoms with Crippen LogP contribution >= 0.6 is 0 Å². The molecular formula is C22H29N3O3. The summed E-state index contributed by atoms with van der Waals surface area (Å²) < 4.78 is 10.6. The van der Waals surface area contributed by atoms with E-state index < -0.39 is 0 Å². The van der Waals surface area contributed by atoms with Crippen LogP contribution in [0.25, 0.3) is 0 Å². The van der Waals surface area contributed by atoms with Gasteiger partial charge in [-0.05, 0) is 68.3 Å². The number of rotatable bonds is 7. The molecule has 0 saturated heterocycles. The number of ether oxygens (including phenoxy) is 2. The minimum Gasteiger partial charge on any atom is -0.497 e. The van der Waals surface area contributed by atoms with E-state index in [0.29, 0.717) is 28.9 Å². The molecule has 0 bridgehead atoms. The van der Waals surface area contributed by atoms with Gasteiger partial charge in [0.2, 0.25) is 0 Å². The van der Waals surface area contributed by atoms with Gasteiger partial charge in [-0.15, -0.1) is 0 Å². The highest BCUT2D eigenvalue weighted by atomic mass is 16.5. The van der Waals surface area contributed by atoms with Crippen molar-refractivity contribution in [1.29, 1.82) is 0 Å². The second-order valence-corrected chi connectivity index (χ2v) is 7.29. The third kappa shape index (κ3) is 4.62. The summed E-state index contributed by atoms with van der Waals surface area (Å²) in [4.78, 5) is 17.6. The number of methoxy groups -OCH3 is 2. The SMILES string of the molecule is COc1ccc(C(=O)NC(c2ccccn2)C2CCC(CN)CC2)c(OC)c1. The van der Waals surface area contributed by atoms with Crippen LogP contribution in [0.3, 0.4) is 0 Å². The van der Waals surface area contributed by atoms with Crippen LogP contribution in [0.4, 0.5) is 0 Å². The van der Waals surface area contributed by atoms with Crippen molar-refractivity contribution < 1.29 is 14.3 Å². The fourth-order valence-corrected chi connectivity index (χ4v) is 3.96. The molecule has 1 aromatic carbocycles. The molecule has 0 spiro atoms. The molecule has 1 fully saturated rings. The van der Waals surface area contributed by atoms with Gasteiger partial charge in [0, 0.05) is 12.3 Å². The lowest BCUT2D eigenvalue weighted by atomic mass is 9.77. The van der Waals surface area contributed by atoms with Gasteiger partial charge in [0.05, 0.1) is 31.5 Å². The van der Waals surface area contributed by atoms with E-state index in [-0.39, 0.29) is 11.9 Å². The summed E-state index contributed by atoms with van der Waals surface area (Å²) in [5.74, 6) is 1.89. The molecule has 3 N–H and O–H groups in total. The number of aromatic nitrogens is 1. The molecule has 3 rings (SSSR count). The van der Waals surface area contributed by atoms with Crippen LogP contribution in [0.15, 0.2) is 42.6 Å². The van der Waals surface area contributed by atoms with Crippen molar-refractivity contribution in [2.75, 3.05) is 20.8 Å². The van der Waals surface area contributed by atoms with Crippen molar-refractivity contribution >= 4 is 5.91 Å². The highest BCUT2D eigenvalue weighted by Crippen LogP contribution is 2.36. The Labute approximate surface area is 166 Å². The molecule has 1 unspecified atom stereocenters. The zero-order valence-electron chi connectivity index (χ0n) is 16.6. The summed E-state index contributed by atoms with van der Waals surface area (Å²) in [5, 5.41) is 3.21. The van der Waals surface area contributed by atoms with Crippen molar-refractivity contribution in [1.82, 2.24) is 10.3 Å².